The van der Waals surface area contributed by atoms with Gasteiger partial charge >= 0.3 is 0 Å². The number of hydrogen-bond donors (Lipinski definition) is 2. The van der Waals surface area contributed by atoms with Gasteiger partial charge in [-0.2, -0.15) is 0 Å². The lowest BCUT2D eigenvalue weighted by Gasteiger charge is -2.19. The zero-order valence-electron chi connectivity index (χ0n) is 17.4. The number of nitrogens with zero attached hydrogens (tertiary/aromatic N) is 4. The van der Waals surface area contributed by atoms with Crippen LogP contribution in [0.2, 0.25) is 0 Å². The molecule has 0 spiro atoms. The number of benzene rings is 2. The first kappa shape index (κ1) is 23.9. The molecule has 0 amide bonds. The van der Waals surface area contributed by atoms with E-state index in [4.69, 9.17) is 0 Å². The minimum absolute atomic E-state index is 0. The molecule has 0 saturated carbocycles. The Balaban J connectivity index is 0.00000320. The van der Waals surface area contributed by atoms with Crippen molar-refractivity contribution in [3.63, 3.8) is 0 Å². The molecular weight excluding hydrogens is 487 g/mol. The Kier molecular flexibility index (Phi) is 10.9. The molecule has 30 heavy (non-hydrogen) atoms. The lowest BCUT2D eigenvalue weighted by atomic mass is 9.88. The average molecular weight is 518 g/mol. The van der Waals surface area contributed by atoms with Crippen LogP contribution in [0.4, 0.5) is 0 Å². The second-order valence-corrected chi connectivity index (χ2v) is 7.00. The standard InChI is InChI=1S/C23H30N6.HI/c1-24-23(25-15-8-9-17-29-18-27-28-19-29)26-16-14-22(20-10-4-2-5-11-20)21-12-6-3-7-13-21;/h2-7,10-13,18-19,22H,8-9,14-17H2,1H3,(H2,24,25,26);1H. The van der Waals surface area contributed by atoms with E-state index >= 15 is 0 Å². The van der Waals surface area contributed by atoms with Crippen molar-refractivity contribution in [3.05, 3.63) is 84.4 Å². The minimum atomic E-state index is 0. The summed E-state index contributed by atoms with van der Waals surface area (Å²) in [6, 6.07) is 21.4. The van der Waals surface area contributed by atoms with Gasteiger partial charge in [0, 0.05) is 32.6 Å². The molecule has 0 saturated heterocycles. The number of guanidine groups is 1. The van der Waals surface area contributed by atoms with Gasteiger partial charge in [0.25, 0.3) is 0 Å². The number of nitrogens with one attached hydrogen (secondary N) is 2. The summed E-state index contributed by atoms with van der Waals surface area (Å²) in [6.45, 7) is 2.69. The highest BCUT2D eigenvalue weighted by Crippen LogP contribution is 2.27. The van der Waals surface area contributed by atoms with E-state index in [1.165, 1.54) is 11.1 Å². The smallest absolute Gasteiger partial charge is 0.190 e. The summed E-state index contributed by atoms with van der Waals surface area (Å²) in [5, 5.41) is 14.5. The van der Waals surface area contributed by atoms with Gasteiger partial charge in [0.1, 0.15) is 12.7 Å². The Morgan fingerprint density at radius 3 is 2.00 bits per heavy atom. The molecule has 0 bridgehead atoms. The maximum atomic E-state index is 4.35. The first-order valence-electron chi connectivity index (χ1n) is 10.2. The van der Waals surface area contributed by atoms with Crippen molar-refractivity contribution in [3.8, 4) is 0 Å². The number of halogens is 1. The fourth-order valence-corrected chi connectivity index (χ4v) is 3.42. The third kappa shape index (κ3) is 7.78. The number of aryl methyl sites for hydroxylation is 1. The van der Waals surface area contributed by atoms with Crippen molar-refractivity contribution in [1.82, 2.24) is 25.4 Å². The SMILES string of the molecule is CN=C(NCCCCn1cnnc1)NCCC(c1ccccc1)c1ccccc1.I. The topological polar surface area (TPSA) is 67.1 Å². The maximum absolute atomic E-state index is 4.35. The summed E-state index contributed by atoms with van der Waals surface area (Å²) in [6.07, 6.45) is 6.65. The van der Waals surface area contributed by atoms with Crippen LogP contribution in [0.1, 0.15) is 36.3 Å². The van der Waals surface area contributed by atoms with Crippen molar-refractivity contribution in [2.24, 2.45) is 4.99 Å². The van der Waals surface area contributed by atoms with Gasteiger partial charge < -0.3 is 15.2 Å². The van der Waals surface area contributed by atoms with Gasteiger partial charge in [-0.1, -0.05) is 60.7 Å². The number of rotatable bonds is 10. The molecule has 3 rings (SSSR count). The highest BCUT2D eigenvalue weighted by atomic mass is 127. The Bertz CT molecular complexity index is 797. The van der Waals surface area contributed by atoms with Gasteiger partial charge in [-0.25, -0.2) is 0 Å². The summed E-state index contributed by atoms with van der Waals surface area (Å²) in [5.74, 6) is 1.22. The Morgan fingerprint density at radius 2 is 1.43 bits per heavy atom. The molecule has 0 aliphatic carbocycles. The van der Waals surface area contributed by atoms with Crippen molar-refractivity contribution in [1.29, 1.82) is 0 Å². The van der Waals surface area contributed by atoms with E-state index in [1.54, 1.807) is 12.7 Å². The van der Waals surface area contributed by atoms with Crippen LogP contribution in [0.25, 0.3) is 0 Å². The second kappa shape index (κ2) is 13.7. The number of unbranched alkanes of at least 4 members (excludes halogenated alkanes) is 1. The summed E-state index contributed by atoms with van der Waals surface area (Å²) in [4.78, 5) is 4.35. The van der Waals surface area contributed by atoms with Crippen LogP contribution in [-0.2, 0) is 6.54 Å². The van der Waals surface area contributed by atoms with E-state index < -0.39 is 0 Å². The number of aromatic nitrogens is 3. The van der Waals surface area contributed by atoms with E-state index in [-0.39, 0.29) is 24.0 Å². The van der Waals surface area contributed by atoms with Crippen LogP contribution < -0.4 is 10.6 Å². The monoisotopic (exact) mass is 518 g/mol. The third-order valence-corrected chi connectivity index (χ3v) is 4.96. The van der Waals surface area contributed by atoms with Crippen LogP contribution in [-0.4, -0.2) is 40.9 Å². The van der Waals surface area contributed by atoms with Gasteiger partial charge in [-0.15, -0.1) is 34.2 Å². The van der Waals surface area contributed by atoms with E-state index in [1.807, 2.05) is 11.6 Å². The van der Waals surface area contributed by atoms with Crippen LogP contribution in [0.3, 0.4) is 0 Å². The molecule has 1 aromatic heterocycles. The Morgan fingerprint density at radius 1 is 0.867 bits per heavy atom. The third-order valence-electron chi connectivity index (χ3n) is 4.96. The highest BCUT2D eigenvalue weighted by molar-refractivity contribution is 14.0. The van der Waals surface area contributed by atoms with Crippen molar-refractivity contribution in [2.75, 3.05) is 20.1 Å². The van der Waals surface area contributed by atoms with Crippen molar-refractivity contribution < 1.29 is 0 Å². The second-order valence-electron chi connectivity index (χ2n) is 7.00. The molecule has 3 aromatic rings. The largest absolute Gasteiger partial charge is 0.356 e. The quantitative estimate of drug-likeness (QED) is 0.184. The van der Waals surface area contributed by atoms with Crippen LogP contribution in [0, 0.1) is 0 Å². The molecule has 0 aliphatic heterocycles. The summed E-state index contributed by atoms with van der Waals surface area (Å²) in [7, 11) is 1.82. The predicted octanol–water partition coefficient (Wildman–Crippen LogP) is 4.06. The lowest BCUT2D eigenvalue weighted by molar-refractivity contribution is 0.596. The fraction of sp³-hybridized carbons (Fsp3) is 0.348. The number of aliphatic imine (C=N–C) groups is 1. The van der Waals surface area contributed by atoms with Crippen LogP contribution in [0.5, 0.6) is 0 Å². The van der Waals surface area contributed by atoms with Gasteiger partial charge in [0.2, 0.25) is 0 Å². The van der Waals surface area contributed by atoms with Gasteiger partial charge in [0.05, 0.1) is 0 Å². The molecule has 0 fully saturated rings. The maximum Gasteiger partial charge on any atom is 0.190 e. The van der Waals surface area contributed by atoms with E-state index in [9.17, 15) is 0 Å². The summed E-state index contributed by atoms with van der Waals surface area (Å²) in [5.41, 5.74) is 2.69. The normalized spacial score (nSPS) is 11.2. The zero-order chi connectivity index (χ0) is 20.2. The molecule has 6 nitrogen and oxygen atoms in total. The van der Waals surface area contributed by atoms with E-state index in [0.29, 0.717) is 5.92 Å². The lowest BCUT2D eigenvalue weighted by Crippen LogP contribution is -2.38. The first-order chi connectivity index (χ1) is 14.4. The average Bonchev–Trinajstić information content (AvgIpc) is 3.30. The van der Waals surface area contributed by atoms with Crippen molar-refractivity contribution >= 4 is 29.9 Å². The molecule has 2 aromatic carbocycles. The molecule has 1 heterocycles. The summed E-state index contributed by atoms with van der Waals surface area (Å²) < 4.78 is 2.00. The first-order valence-corrected chi connectivity index (χ1v) is 10.2. The Hall–Kier alpha value is -2.42. The molecule has 0 aliphatic rings. The predicted molar refractivity (Wildman–Crippen MR) is 133 cm³/mol. The minimum Gasteiger partial charge on any atom is -0.356 e. The van der Waals surface area contributed by atoms with E-state index in [0.717, 1.165) is 44.9 Å². The Labute approximate surface area is 196 Å². The molecule has 160 valence electrons. The molecule has 2 N–H and O–H groups in total. The van der Waals surface area contributed by atoms with E-state index in [2.05, 4.69) is 86.5 Å². The van der Waals surface area contributed by atoms with Gasteiger partial charge in [-0.05, 0) is 30.4 Å². The molecular formula is C23H31IN6. The molecule has 0 unspecified atom stereocenters. The molecule has 7 heteroatoms. The van der Waals surface area contributed by atoms with Gasteiger partial charge in [-0.3, -0.25) is 4.99 Å². The van der Waals surface area contributed by atoms with Crippen LogP contribution in [0.15, 0.2) is 78.3 Å². The summed E-state index contributed by atoms with van der Waals surface area (Å²) >= 11 is 0. The van der Waals surface area contributed by atoms with Crippen molar-refractivity contribution in [2.45, 2.75) is 31.7 Å². The number of hydrogen-bond acceptors (Lipinski definition) is 3. The zero-order valence-corrected chi connectivity index (χ0v) is 19.8. The fourth-order valence-electron chi connectivity index (χ4n) is 3.42. The van der Waals surface area contributed by atoms with Gasteiger partial charge in [0.15, 0.2) is 5.96 Å². The molecule has 0 radical (unpaired) electrons. The molecule has 0 atom stereocenters. The van der Waals surface area contributed by atoms with Crippen LogP contribution >= 0.6 is 24.0 Å². The highest BCUT2D eigenvalue weighted by Gasteiger charge is 2.13.